The van der Waals surface area contributed by atoms with E-state index in [1.807, 2.05) is 11.8 Å². The van der Waals surface area contributed by atoms with Crippen molar-refractivity contribution in [3.05, 3.63) is 29.3 Å². The Morgan fingerprint density at radius 1 is 1.20 bits per heavy atom. The van der Waals surface area contributed by atoms with Gasteiger partial charge in [-0.15, -0.1) is 0 Å². The zero-order chi connectivity index (χ0) is 21.6. The van der Waals surface area contributed by atoms with Gasteiger partial charge >= 0.3 is 5.97 Å². The summed E-state index contributed by atoms with van der Waals surface area (Å²) in [5, 5.41) is 11.9. The number of carbonyl (C=O) groups excluding carboxylic acids is 4. The first-order valence-corrected chi connectivity index (χ1v) is 10.1. The number of hydrogen-bond donors (Lipinski definition) is 2. The lowest BCUT2D eigenvalue weighted by Gasteiger charge is -2.40. The molecule has 2 atom stereocenters. The summed E-state index contributed by atoms with van der Waals surface area (Å²) in [4.78, 5) is 64.1. The van der Waals surface area contributed by atoms with Crippen molar-refractivity contribution in [1.82, 2.24) is 10.2 Å². The van der Waals surface area contributed by atoms with E-state index in [0.29, 0.717) is 38.0 Å². The van der Waals surface area contributed by atoms with Crippen LogP contribution in [0.25, 0.3) is 0 Å². The Labute approximate surface area is 173 Å². The van der Waals surface area contributed by atoms with E-state index in [4.69, 9.17) is 0 Å². The van der Waals surface area contributed by atoms with Crippen LogP contribution in [-0.2, 0) is 14.4 Å². The number of carboxylic acids is 1. The number of aliphatic carboxylic acids is 1. The second kappa shape index (κ2) is 7.23. The van der Waals surface area contributed by atoms with E-state index in [1.165, 1.54) is 0 Å². The fraction of sp³-hybridized carbons (Fsp3) is 0.476. The first-order valence-electron chi connectivity index (χ1n) is 10.1. The van der Waals surface area contributed by atoms with E-state index in [2.05, 4.69) is 5.32 Å². The van der Waals surface area contributed by atoms with Crippen LogP contribution in [-0.4, -0.2) is 58.7 Å². The lowest BCUT2D eigenvalue weighted by Crippen LogP contribution is -2.54. The highest BCUT2D eigenvalue weighted by Crippen LogP contribution is 2.37. The largest absolute Gasteiger partial charge is 0.481 e. The lowest BCUT2D eigenvalue weighted by molar-refractivity contribution is -0.149. The second-order valence-corrected chi connectivity index (χ2v) is 8.14. The van der Waals surface area contributed by atoms with Crippen LogP contribution >= 0.6 is 0 Å². The van der Waals surface area contributed by atoms with Crippen LogP contribution < -0.4 is 10.2 Å². The number of fused-ring (bicyclic) bond motifs is 1. The third kappa shape index (κ3) is 3.05. The van der Waals surface area contributed by atoms with E-state index in [1.54, 1.807) is 18.2 Å². The molecule has 0 radical (unpaired) electrons. The summed E-state index contributed by atoms with van der Waals surface area (Å²) in [6.45, 7) is 2.85. The molecule has 3 aliphatic heterocycles. The van der Waals surface area contributed by atoms with Crippen LogP contribution in [0.5, 0.6) is 0 Å². The van der Waals surface area contributed by atoms with Crippen molar-refractivity contribution in [2.75, 3.05) is 18.0 Å². The van der Waals surface area contributed by atoms with Crippen molar-refractivity contribution in [2.24, 2.45) is 5.41 Å². The molecule has 0 bridgehead atoms. The molecule has 2 saturated heterocycles. The predicted molar refractivity (Wildman–Crippen MR) is 105 cm³/mol. The molecule has 0 spiro atoms. The maximum absolute atomic E-state index is 13.0. The Kier molecular flexibility index (Phi) is 4.83. The summed E-state index contributed by atoms with van der Waals surface area (Å²) < 4.78 is 0. The average molecular weight is 413 g/mol. The lowest BCUT2D eigenvalue weighted by atomic mass is 9.77. The molecule has 3 aliphatic rings. The highest BCUT2D eigenvalue weighted by Gasteiger charge is 2.45. The van der Waals surface area contributed by atoms with Gasteiger partial charge in [-0.05, 0) is 43.9 Å². The van der Waals surface area contributed by atoms with Gasteiger partial charge in [0.1, 0.15) is 6.04 Å². The summed E-state index contributed by atoms with van der Waals surface area (Å²) in [5.74, 6) is -3.01. The fourth-order valence-corrected chi connectivity index (χ4v) is 4.62. The molecule has 30 heavy (non-hydrogen) atoms. The van der Waals surface area contributed by atoms with Gasteiger partial charge in [0.15, 0.2) is 0 Å². The number of nitrogens with zero attached hydrogens (tertiary/aromatic N) is 2. The maximum atomic E-state index is 13.0. The van der Waals surface area contributed by atoms with Crippen LogP contribution in [0.4, 0.5) is 5.69 Å². The number of anilines is 1. The van der Waals surface area contributed by atoms with Crippen LogP contribution in [0.1, 0.15) is 59.7 Å². The molecule has 4 amide bonds. The molecular formula is C21H23N3O6. The van der Waals surface area contributed by atoms with E-state index < -0.39 is 41.1 Å². The number of carbonyl (C=O) groups is 5. The minimum Gasteiger partial charge on any atom is -0.481 e. The van der Waals surface area contributed by atoms with E-state index in [9.17, 15) is 29.1 Å². The molecular weight excluding hydrogens is 390 g/mol. The molecule has 0 aliphatic carbocycles. The summed E-state index contributed by atoms with van der Waals surface area (Å²) >= 11 is 0. The van der Waals surface area contributed by atoms with E-state index in [-0.39, 0.29) is 24.0 Å². The molecule has 2 N–H and O–H groups in total. The van der Waals surface area contributed by atoms with Crippen LogP contribution in [0.15, 0.2) is 18.2 Å². The summed E-state index contributed by atoms with van der Waals surface area (Å²) in [5.41, 5.74) is 0.255. The molecule has 2 fully saturated rings. The van der Waals surface area contributed by atoms with Gasteiger partial charge in [-0.25, -0.2) is 0 Å². The Morgan fingerprint density at radius 3 is 2.60 bits per heavy atom. The zero-order valence-corrected chi connectivity index (χ0v) is 16.6. The average Bonchev–Trinajstić information content (AvgIpc) is 2.98. The van der Waals surface area contributed by atoms with Crippen LogP contribution in [0, 0.1) is 5.41 Å². The topological polar surface area (TPSA) is 124 Å². The fourth-order valence-electron chi connectivity index (χ4n) is 4.62. The zero-order valence-electron chi connectivity index (χ0n) is 16.6. The highest BCUT2D eigenvalue weighted by atomic mass is 16.4. The van der Waals surface area contributed by atoms with Crippen molar-refractivity contribution < 1.29 is 29.1 Å². The van der Waals surface area contributed by atoms with Crippen molar-refractivity contribution in [3.63, 3.8) is 0 Å². The third-order valence-electron chi connectivity index (χ3n) is 6.50. The first-order chi connectivity index (χ1) is 14.3. The van der Waals surface area contributed by atoms with Gasteiger partial charge in [0, 0.05) is 25.2 Å². The van der Waals surface area contributed by atoms with Gasteiger partial charge in [0.2, 0.25) is 11.8 Å². The number of amides is 4. The molecule has 9 heteroatoms. The molecule has 158 valence electrons. The van der Waals surface area contributed by atoms with Crippen LogP contribution in [0.2, 0.25) is 0 Å². The van der Waals surface area contributed by atoms with Crippen LogP contribution in [0.3, 0.4) is 0 Å². The number of hydrogen-bond acceptors (Lipinski definition) is 6. The van der Waals surface area contributed by atoms with Gasteiger partial charge in [-0.2, -0.15) is 0 Å². The quantitative estimate of drug-likeness (QED) is 0.710. The van der Waals surface area contributed by atoms with Crippen molar-refractivity contribution in [3.8, 4) is 0 Å². The Hall–Kier alpha value is -3.23. The standard InChI is InChI=1S/C21H23N3O6/c1-2-21(20(29)30)8-3-9-23(11-21)12-4-5-13-14(10-12)19(28)24(18(13)27)15-6-7-16(25)22-17(15)26/h4-5,10,15H,2-3,6-9,11H2,1H3,(H,29,30)(H,22,25,26). The Bertz CT molecular complexity index is 973. The molecule has 2 unspecified atom stereocenters. The van der Waals surface area contributed by atoms with Gasteiger partial charge in [-0.3, -0.25) is 34.2 Å². The van der Waals surface area contributed by atoms with Gasteiger partial charge < -0.3 is 10.0 Å². The van der Waals surface area contributed by atoms with Gasteiger partial charge in [0.05, 0.1) is 16.5 Å². The van der Waals surface area contributed by atoms with E-state index in [0.717, 1.165) is 4.90 Å². The minimum absolute atomic E-state index is 0.0666. The first kappa shape index (κ1) is 20.1. The van der Waals surface area contributed by atoms with Gasteiger partial charge in [0.25, 0.3) is 11.8 Å². The highest BCUT2D eigenvalue weighted by molar-refractivity contribution is 6.23. The number of imide groups is 2. The number of nitrogens with one attached hydrogen (secondary N) is 1. The van der Waals surface area contributed by atoms with Crippen molar-refractivity contribution >= 4 is 35.3 Å². The van der Waals surface area contributed by atoms with E-state index >= 15 is 0 Å². The normalized spacial score (nSPS) is 26.6. The third-order valence-corrected chi connectivity index (χ3v) is 6.50. The SMILES string of the molecule is CCC1(C(=O)O)CCCN(c2ccc3c(c2)C(=O)N(C2CCC(=O)NC2=O)C3=O)C1. The smallest absolute Gasteiger partial charge is 0.311 e. The molecule has 0 aromatic heterocycles. The summed E-state index contributed by atoms with van der Waals surface area (Å²) in [6, 6.07) is 3.87. The minimum atomic E-state index is -1.01. The van der Waals surface area contributed by atoms with Crippen molar-refractivity contribution in [2.45, 2.75) is 45.1 Å². The molecule has 1 aromatic rings. The Morgan fingerprint density at radius 2 is 1.93 bits per heavy atom. The number of benzene rings is 1. The summed E-state index contributed by atoms with van der Waals surface area (Å²) in [7, 11) is 0. The molecule has 0 saturated carbocycles. The number of piperidine rings is 2. The monoisotopic (exact) mass is 413 g/mol. The summed E-state index contributed by atoms with van der Waals surface area (Å²) in [6.07, 6.45) is 1.99. The molecule has 1 aromatic carbocycles. The Balaban J connectivity index is 1.62. The molecule has 9 nitrogen and oxygen atoms in total. The number of carboxylic acid groups (broad SMARTS) is 1. The molecule has 4 rings (SSSR count). The second-order valence-electron chi connectivity index (χ2n) is 8.14. The van der Waals surface area contributed by atoms with Gasteiger partial charge in [-0.1, -0.05) is 6.92 Å². The van der Waals surface area contributed by atoms with Crippen molar-refractivity contribution in [1.29, 1.82) is 0 Å². The maximum Gasteiger partial charge on any atom is 0.311 e. The predicted octanol–water partition coefficient (Wildman–Crippen LogP) is 1.17. The number of rotatable bonds is 4. The molecule has 3 heterocycles.